The summed E-state index contributed by atoms with van der Waals surface area (Å²) in [5.41, 5.74) is 0.0612. The molecule has 5 aliphatic rings. The zero-order chi connectivity index (χ0) is 16.9. The molecule has 0 aromatic carbocycles. The van der Waals surface area contributed by atoms with E-state index in [9.17, 15) is 9.90 Å². The van der Waals surface area contributed by atoms with Crippen molar-refractivity contribution >= 4 is 5.78 Å². The van der Waals surface area contributed by atoms with Crippen LogP contribution in [-0.4, -0.2) is 28.7 Å². The maximum Gasteiger partial charge on any atom is 0.164 e. The van der Waals surface area contributed by atoms with Crippen molar-refractivity contribution in [2.75, 3.05) is 0 Å². The molecule has 0 aromatic rings. The van der Waals surface area contributed by atoms with Gasteiger partial charge in [0.2, 0.25) is 0 Å². The minimum absolute atomic E-state index is 0.0676. The molecule has 0 radical (unpaired) electrons. The van der Waals surface area contributed by atoms with Crippen LogP contribution in [0.3, 0.4) is 0 Å². The Kier molecular flexibility index (Phi) is 3.06. The van der Waals surface area contributed by atoms with E-state index in [1.165, 1.54) is 25.7 Å². The van der Waals surface area contributed by atoms with Gasteiger partial charge in [0.25, 0.3) is 0 Å². The Morgan fingerprint density at radius 1 is 1.04 bits per heavy atom. The summed E-state index contributed by atoms with van der Waals surface area (Å²) in [6.45, 7) is 6.64. The molecule has 5 rings (SSSR count). The molecule has 24 heavy (non-hydrogen) atoms. The molecule has 1 N–H and O–H groups in total. The molecule has 0 spiro atoms. The molecule has 0 bridgehead atoms. The predicted octanol–water partition coefficient (Wildman–Crippen LogP) is 3.73. The van der Waals surface area contributed by atoms with Crippen LogP contribution in [0, 0.1) is 34.5 Å². The van der Waals surface area contributed by atoms with Gasteiger partial charge in [-0.2, -0.15) is 0 Å². The number of aliphatic hydroxyl groups excluding tert-OH is 1. The van der Waals surface area contributed by atoms with Gasteiger partial charge >= 0.3 is 0 Å². The van der Waals surface area contributed by atoms with Crippen LogP contribution in [0.2, 0.25) is 0 Å². The number of hydrogen-bond donors (Lipinski definition) is 1. The SMILES string of the molecule is CC(=O)[C@]12O[C@@H]1C[C@H]1[C@@H]3CC[C@@H]4C[C@@H](O)CC[C@]4(C)[C@H]3CC[C@@]12C. The van der Waals surface area contributed by atoms with Crippen molar-refractivity contribution in [2.24, 2.45) is 34.5 Å². The molecule has 9 atom stereocenters. The molecule has 4 saturated carbocycles. The monoisotopic (exact) mass is 332 g/mol. The molecule has 3 heteroatoms. The molecule has 0 unspecified atom stereocenters. The van der Waals surface area contributed by atoms with Gasteiger partial charge in [-0.1, -0.05) is 13.8 Å². The van der Waals surface area contributed by atoms with Crippen LogP contribution in [0.25, 0.3) is 0 Å². The highest BCUT2D eigenvalue weighted by Gasteiger charge is 2.79. The van der Waals surface area contributed by atoms with E-state index >= 15 is 0 Å². The highest BCUT2D eigenvalue weighted by molar-refractivity contribution is 5.90. The highest BCUT2D eigenvalue weighted by atomic mass is 16.6. The summed E-state index contributed by atoms with van der Waals surface area (Å²) in [5.74, 6) is 3.22. The van der Waals surface area contributed by atoms with Crippen LogP contribution in [0.1, 0.15) is 72.1 Å². The number of carbonyl (C=O) groups is 1. The highest BCUT2D eigenvalue weighted by Crippen LogP contribution is 2.73. The third kappa shape index (κ3) is 1.65. The number of ketones is 1. The Hall–Kier alpha value is -0.410. The van der Waals surface area contributed by atoms with E-state index in [4.69, 9.17) is 4.74 Å². The Labute approximate surface area is 145 Å². The van der Waals surface area contributed by atoms with Gasteiger partial charge in [0.1, 0.15) is 0 Å². The number of fused-ring (bicyclic) bond motifs is 7. The largest absolute Gasteiger partial charge is 0.393 e. The van der Waals surface area contributed by atoms with Gasteiger partial charge < -0.3 is 9.84 Å². The molecule has 1 aliphatic heterocycles. The van der Waals surface area contributed by atoms with Crippen LogP contribution < -0.4 is 0 Å². The first-order valence-corrected chi connectivity index (χ1v) is 10.2. The van der Waals surface area contributed by atoms with Crippen molar-refractivity contribution < 1.29 is 14.6 Å². The molecule has 3 nitrogen and oxygen atoms in total. The van der Waals surface area contributed by atoms with Crippen LogP contribution in [0.5, 0.6) is 0 Å². The Morgan fingerprint density at radius 2 is 1.83 bits per heavy atom. The number of epoxide rings is 1. The van der Waals surface area contributed by atoms with Crippen molar-refractivity contribution in [3.8, 4) is 0 Å². The topological polar surface area (TPSA) is 49.8 Å². The molecule has 134 valence electrons. The van der Waals surface area contributed by atoms with E-state index in [1.807, 2.05) is 0 Å². The smallest absolute Gasteiger partial charge is 0.164 e. The van der Waals surface area contributed by atoms with E-state index < -0.39 is 5.60 Å². The van der Waals surface area contributed by atoms with Crippen molar-refractivity contribution in [3.63, 3.8) is 0 Å². The maximum atomic E-state index is 12.4. The van der Waals surface area contributed by atoms with Gasteiger partial charge in [-0.05, 0) is 87.4 Å². The Morgan fingerprint density at radius 3 is 2.58 bits per heavy atom. The molecule has 4 aliphatic carbocycles. The zero-order valence-electron chi connectivity index (χ0n) is 15.4. The number of carbonyl (C=O) groups excluding carboxylic acids is 1. The number of hydrogen-bond acceptors (Lipinski definition) is 3. The Bertz CT molecular complexity index is 588. The summed E-state index contributed by atoms with van der Waals surface area (Å²) in [7, 11) is 0. The third-order valence-corrected chi connectivity index (χ3v) is 9.59. The fourth-order valence-corrected chi connectivity index (χ4v) is 8.30. The molecule has 1 heterocycles. The number of ether oxygens (including phenoxy) is 1. The van der Waals surface area contributed by atoms with Crippen LogP contribution in [0.4, 0.5) is 0 Å². The van der Waals surface area contributed by atoms with Gasteiger partial charge in [-0.25, -0.2) is 0 Å². The minimum Gasteiger partial charge on any atom is -0.393 e. The number of Topliss-reactive ketones (excluding diaryl/α,β-unsaturated/α-hetero) is 1. The van der Waals surface area contributed by atoms with Crippen LogP contribution in [-0.2, 0) is 9.53 Å². The van der Waals surface area contributed by atoms with E-state index in [0.717, 1.165) is 37.5 Å². The van der Waals surface area contributed by atoms with Crippen molar-refractivity contribution in [1.29, 1.82) is 0 Å². The third-order valence-electron chi connectivity index (χ3n) is 9.59. The predicted molar refractivity (Wildman–Crippen MR) is 91.4 cm³/mol. The lowest BCUT2D eigenvalue weighted by Crippen LogP contribution is -2.56. The average molecular weight is 332 g/mol. The standard InChI is InChI=1S/C21H32O3/c1-12(22)21-18(24-21)11-17-15-5-4-13-10-14(23)6-8-19(13,2)16(15)7-9-20(17,21)3/h13-18,23H,4-11H2,1-3H3/t13-,14+,15-,16+,17+,18-,19+,20+,21+/m1/s1. The number of rotatable bonds is 1. The first-order valence-electron chi connectivity index (χ1n) is 10.2. The fraction of sp³-hybridized carbons (Fsp3) is 0.952. The second-order valence-corrected chi connectivity index (χ2v) is 10.2. The normalized spacial score (nSPS) is 61.3. The summed E-state index contributed by atoms with van der Waals surface area (Å²) in [6.07, 6.45) is 9.45. The van der Waals surface area contributed by atoms with Gasteiger partial charge in [0.15, 0.2) is 11.4 Å². The molecule has 5 fully saturated rings. The summed E-state index contributed by atoms with van der Waals surface area (Å²) in [4.78, 5) is 12.4. The molecule has 0 aromatic heterocycles. The first kappa shape index (κ1) is 15.8. The van der Waals surface area contributed by atoms with Gasteiger partial charge in [-0.3, -0.25) is 4.79 Å². The maximum absolute atomic E-state index is 12.4. The summed E-state index contributed by atoms with van der Waals surface area (Å²) in [6, 6.07) is 0. The minimum atomic E-state index is -0.427. The second kappa shape index (κ2) is 4.65. The molecule has 1 saturated heterocycles. The van der Waals surface area contributed by atoms with E-state index in [-0.39, 0.29) is 23.4 Å². The quantitative estimate of drug-likeness (QED) is 0.745. The van der Waals surface area contributed by atoms with E-state index in [0.29, 0.717) is 17.3 Å². The number of aliphatic hydroxyl groups is 1. The van der Waals surface area contributed by atoms with Crippen molar-refractivity contribution in [3.05, 3.63) is 0 Å². The van der Waals surface area contributed by atoms with Crippen LogP contribution >= 0.6 is 0 Å². The van der Waals surface area contributed by atoms with Gasteiger partial charge in [0, 0.05) is 5.41 Å². The van der Waals surface area contributed by atoms with E-state index in [2.05, 4.69) is 13.8 Å². The molecular formula is C21H32O3. The molecular weight excluding hydrogens is 300 g/mol. The van der Waals surface area contributed by atoms with Gasteiger partial charge in [0.05, 0.1) is 12.2 Å². The van der Waals surface area contributed by atoms with Crippen LogP contribution in [0.15, 0.2) is 0 Å². The molecule has 0 amide bonds. The van der Waals surface area contributed by atoms with Gasteiger partial charge in [-0.15, -0.1) is 0 Å². The average Bonchev–Trinajstić information content (AvgIpc) is 3.21. The second-order valence-electron chi connectivity index (χ2n) is 10.2. The lowest BCUT2D eigenvalue weighted by molar-refractivity contribution is -0.151. The fourth-order valence-electron chi connectivity index (χ4n) is 8.30. The first-order chi connectivity index (χ1) is 11.3. The summed E-state index contributed by atoms with van der Waals surface area (Å²) < 4.78 is 6.02. The lowest BCUT2D eigenvalue weighted by Gasteiger charge is -2.61. The van der Waals surface area contributed by atoms with Crippen molar-refractivity contribution in [1.82, 2.24) is 0 Å². The van der Waals surface area contributed by atoms with E-state index in [1.54, 1.807) is 6.92 Å². The lowest BCUT2D eigenvalue weighted by atomic mass is 9.44. The summed E-state index contributed by atoms with van der Waals surface area (Å²) >= 11 is 0. The summed E-state index contributed by atoms with van der Waals surface area (Å²) in [5, 5.41) is 10.1. The van der Waals surface area contributed by atoms with Crippen molar-refractivity contribution in [2.45, 2.75) is 89.9 Å². The zero-order valence-corrected chi connectivity index (χ0v) is 15.4. The Balaban J connectivity index is 1.47.